The maximum atomic E-state index is 11.5. The topological polar surface area (TPSA) is 95.5 Å². The molecule has 86 valence electrons. The van der Waals surface area contributed by atoms with Gasteiger partial charge in [-0.15, -0.1) is 0 Å². The van der Waals surface area contributed by atoms with Crippen LogP contribution in [-0.2, 0) is 0 Å². The number of non-ortho nitro benzene ring substituents is 1. The molecule has 0 saturated heterocycles. The van der Waals surface area contributed by atoms with Crippen molar-refractivity contribution in [2.75, 3.05) is 0 Å². The Morgan fingerprint density at radius 1 is 1.29 bits per heavy atom. The Balaban J connectivity index is 2.12. The molecule has 7 heteroatoms. The summed E-state index contributed by atoms with van der Waals surface area (Å²) in [5, 5.41) is 13.8. The molecule has 0 unspecified atom stereocenters. The van der Waals surface area contributed by atoms with E-state index in [4.69, 9.17) is 4.74 Å². The Hall–Kier alpha value is -2.70. The highest BCUT2D eigenvalue weighted by atomic mass is 16.6. The van der Waals surface area contributed by atoms with Gasteiger partial charge in [-0.05, 0) is 17.3 Å². The smallest absolute Gasteiger partial charge is 0.344 e. The number of hydrogen-bond donors (Lipinski definition) is 0. The summed E-state index contributed by atoms with van der Waals surface area (Å²) in [5.74, 6) is -0.623. The number of ether oxygens (including phenoxy) is 1. The molecule has 0 bridgehead atoms. The standard InChI is InChI=1S/C10H6N2O5/c13-10(17-9-5-6-16-11-9)7-1-3-8(4-2-7)12(14)15/h1-6H. The molecule has 0 spiro atoms. The summed E-state index contributed by atoms with van der Waals surface area (Å²) in [4.78, 5) is 21.4. The predicted molar refractivity (Wildman–Crippen MR) is 54.6 cm³/mol. The van der Waals surface area contributed by atoms with Crippen molar-refractivity contribution < 1.29 is 19.0 Å². The van der Waals surface area contributed by atoms with Gasteiger partial charge in [0.15, 0.2) is 0 Å². The fourth-order valence-electron chi connectivity index (χ4n) is 1.13. The molecular formula is C10H6N2O5. The molecule has 0 N–H and O–H groups in total. The van der Waals surface area contributed by atoms with Crippen molar-refractivity contribution in [3.8, 4) is 5.88 Å². The summed E-state index contributed by atoms with van der Waals surface area (Å²) >= 11 is 0. The highest BCUT2D eigenvalue weighted by Crippen LogP contribution is 2.14. The van der Waals surface area contributed by atoms with Crippen molar-refractivity contribution >= 4 is 11.7 Å². The van der Waals surface area contributed by atoms with Crippen LogP contribution < -0.4 is 4.74 Å². The van der Waals surface area contributed by atoms with Gasteiger partial charge in [0.25, 0.3) is 11.6 Å². The largest absolute Gasteiger partial charge is 0.400 e. The van der Waals surface area contributed by atoms with Crippen molar-refractivity contribution in [1.29, 1.82) is 0 Å². The summed E-state index contributed by atoms with van der Waals surface area (Å²) < 4.78 is 9.31. The van der Waals surface area contributed by atoms with Gasteiger partial charge >= 0.3 is 5.97 Å². The van der Waals surface area contributed by atoms with E-state index in [0.29, 0.717) is 0 Å². The van der Waals surface area contributed by atoms with Crippen LogP contribution in [0.5, 0.6) is 5.88 Å². The van der Waals surface area contributed by atoms with Gasteiger partial charge in [0.2, 0.25) is 0 Å². The van der Waals surface area contributed by atoms with E-state index >= 15 is 0 Å². The molecule has 0 aliphatic rings. The number of benzene rings is 1. The van der Waals surface area contributed by atoms with Gasteiger partial charge in [-0.3, -0.25) is 10.1 Å². The number of carbonyl (C=O) groups excluding carboxylic acids is 1. The average Bonchev–Trinajstić information content (AvgIpc) is 2.82. The Morgan fingerprint density at radius 3 is 2.53 bits per heavy atom. The van der Waals surface area contributed by atoms with E-state index in [2.05, 4.69) is 9.68 Å². The van der Waals surface area contributed by atoms with Crippen LogP contribution in [0.4, 0.5) is 5.69 Å². The fraction of sp³-hybridized carbons (Fsp3) is 0. The molecule has 2 aromatic rings. The highest BCUT2D eigenvalue weighted by molar-refractivity contribution is 5.91. The molecule has 7 nitrogen and oxygen atoms in total. The van der Waals surface area contributed by atoms with Gasteiger partial charge in [0.05, 0.1) is 10.5 Å². The maximum Gasteiger partial charge on any atom is 0.344 e. The lowest BCUT2D eigenvalue weighted by atomic mass is 10.2. The summed E-state index contributed by atoms with van der Waals surface area (Å²) in [5.41, 5.74) is 0.0987. The lowest BCUT2D eigenvalue weighted by Crippen LogP contribution is -2.08. The SMILES string of the molecule is O=C(Oc1ccon1)c1ccc([N+](=O)[O-])cc1. The van der Waals surface area contributed by atoms with E-state index in [9.17, 15) is 14.9 Å². The number of nitro benzene ring substituents is 1. The number of nitro groups is 1. The van der Waals surface area contributed by atoms with Crippen molar-refractivity contribution in [2.45, 2.75) is 0 Å². The van der Waals surface area contributed by atoms with E-state index in [1.807, 2.05) is 0 Å². The molecule has 0 saturated carbocycles. The number of esters is 1. The van der Waals surface area contributed by atoms with Crippen LogP contribution >= 0.6 is 0 Å². The first-order valence-electron chi connectivity index (χ1n) is 4.54. The zero-order valence-corrected chi connectivity index (χ0v) is 8.40. The lowest BCUT2D eigenvalue weighted by molar-refractivity contribution is -0.384. The molecular weight excluding hydrogens is 228 g/mol. The molecule has 1 heterocycles. The second kappa shape index (κ2) is 4.44. The first-order valence-corrected chi connectivity index (χ1v) is 4.54. The summed E-state index contributed by atoms with van der Waals surface area (Å²) in [7, 11) is 0. The van der Waals surface area contributed by atoms with Crippen LogP contribution in [0.15, 0.2) is 41.1 Å². The summed E-state index contributed by atoms with van der Waals surface area (Å²) in [6.07, 6.45) is 1.26. The van der Waals surface area contributed by atoms with Gasteiger partial charge in [0, 0.05) is 18.2 Å². The fourth-order valence-corrected chi connectivity index (χ4v) is 1.13. The molecule has 1 aromatic carbocycles. The summed E-state index contributed by atoms with van der Waals surface area (Å²) in [6.45, 7) is 0. The number of nitrogens with zero attached hydrogens (tertiary/aromatic N) is 2. The van der Waals surface area contributed by atoms with Crippen molar-refractivity contribution in [2.24, 2.45) is 0 Å². The number of aromatic nitrogens is 1. The van der Waals surface area contributed by atoms with Gasteiger partial charge in [-0.1, -0.05) is 0 Å². The van der Waals surface area contributed by atoms with Gasteiger partial charge < -0.3 is 9.26 Å². The molecule has 1 aromatic heterocycles. The van der Waals surface area contributed by atoms with Crippen LogP contribution in [0, 0.1) is 10.1 Å². The van der Waals surface area contributed by atoms with Crippen LogP contribution in [0.1, 0.15) is 10.4 Å². The zero-order chi connectivity index (χ0) is 12.3. The van der Waals surface area contributed by atoms with E-state index in [-0.39, 0.29) is 17.1 Å². The number of carbonyl (C=O) groups is 1. The maximum absolute atomic E-state index is 11.5. The normalized spacial score (nSPS) is 9.88. The van der Waals surface area contributed by atoms with Crippen molar-refractivity contribution in [3.63, 3.8) is 0 Å². The third-order valence-corrected chi connectivity index (χ3v) is 1.93. The lowest BCUT2D eigenvalue weighted by Gasteiger charge is -1.99. The number of hydrogen-bond acceptors (Lipinski definition) is 6. The summed E-state index contributed by atoms with van der Waals surface area (Å²) in [6, 6.07) is 6.43. The zero-order valence-electron chi connectivity index (χ0n) is 8.40. The first kappa shape index (κ1) is 10.8. The van der Waals surface area contributed by atoms with E-state index in [0.717, 1.165) is 0 Å². The predicted octanol–water partition coefficient (Wildman–Crippen LogP) is 1.80. The Morgan fingerprint density at radius 2 is 2.00 bits per heavy atom. The van der Waals surface area contributed by atoms with Crippen molar-refractivity contribution in [1.82, 2.24) is 5.16 Å². The molecule has 0 atom stereocenters. The second-order valence-electron chi connectivity index (χ2n) is 3.03. The molecule has 17 heavy (non-hydrogen) atoms. The average molecular weight is 234 g/mol. The minimum atomic E-state index is -0.659. The van der Waals surface area contributed by atoms with E-state index in [1.165, 1.54) is 36.6 Å². The van der Waals surface area contributed by atoms with Gasteiger partial charge in [-0.25, -0.2) is 4.79 Å². The molecule has 0 aliphatic carbocycles. The molecule has 0 fully saturated rings. The van der Waals surface area contributed by atoms with Crippen LogP contribution in [0.25, 0.3) is 0 Å². The second-order valence-corrected chi connectivity index (χ2v) is 3.03. The molecule has 2 rings (SSSR count). The van der Waals surface area contributed by atoms with Crippen molar-refractivity contribution in [3.05, 3.63) is 52.3 Å². The molecule has 0 radical (unpaired) electrons. The minimum Gasteiger partial charge on any atom is -0.400 e. The number of rotatable bonds is 3. The Bertz CT molecular complexity index is 532. The van der Waals surface area contributed by atoms with E-state index in [1.54, 1.807) is 0 Å². The van der Waals surface area contributed by atoms with Crippen LogP contribution in [-0.4, -0.2) is 16.0 Å². The van der Waals surface area contributed by atoms with Crippen LogP contribution in [0.2, 0.25) is 0 Å². The molecule has 0 aliphatic heterocycles. The van der Waals surface area contributed by atoms with E-state index < -0.39 is 10.9 Å². The molecule has 0 amide bonds. The van der Waals surface area contributed by atoms with Gasteiger partial charge in [0.1, 0.15) is 6.26 Å². The monoisotopic (exact) mass is 234 g/mol. The van der Waals surface area contributed by atoms with Crippen LogP contribution in [0.3, 0.4) is 0 Å². The minimum absolute atomic E-state index is 0.0355. The highest BCUT2D eigenvalue weighted by Gasteiger charge is 2.12. The van der Waals surface area contributed by atoms with Gasteiger partial charge in [-0.2, -0.15) is 0 Å². The third-order valence-electron chi connectivity index (χ3n) is 1.93. The first-order chi connectivity index (χ1) is 8.16. The third kappa shape index (κ3) is 2.46. The Labute approximate surface area is 94.7 Å². The quantitative estimate of drug-likeness (QED) is 0.456. The Kier molecular flexibility index (Phi) is 2.82.